The van der Waals surface area contributed by atoms with Crippen molar-refractivity contribution in [2.45, 2.75) is 32.7 Å². The fourth-order valence-corrected chi connectivity index (χ4v) is 2.37. The SMILES string of the molecule is CC(=O)SCCCOCC(N)COCCCSC(C)=O.Cl. The number of carbonyl (C=O) groups excluding carboxylic acids is 2. The molecule has 0 saturated carbocycles. The third-order valence-corrected chi connectivity index (χ3v) is 3.94. The van der Waals surface area contributed by atoms with Crippen LogP contribution in [0.2, 0.25) is 0 Å². The van der Waals surface area contributed by atoms with E-state index in [-0.39, 0.29) is 28.7 Å². The van der Waals surface area contributed by atoms with Crippen molar-refractivity contribution < 1.29 is 19.1 Å². The summed E-state index contributed by atoms with van der Waals surface area (Å²) in [7, 11) is 0. The van der Waals surface area contributed by atoms with E-state index in [0.717, 1.165) is 24.3 Å². The number of halogens is 1. The first-order chi connectivity index (χ1) is 9.52. The maximum atomic E-state index is 10.7. The zero-order chi connectivity index (χ0) is 15.2. The van der Waals surface area contributed by atoms with Crippen molar-refractivity contribution in [3.63, 3.8) is 0 Å². The maximum Gasteiger partial charge on any atom is 0.185 e. The van der Waals surface area contributed by atoms with Crippen molar-refractivity contribution in [1.82, 2.24) is 0 Å². The molecule has 0 aromatic carbocycles. The van der Waals surface area contributed by atoms with Crippen LogP contribution >= 0.6 is 35.9 Å². The number of thioether (sulfide) groups is 2. The van der Waals surface area contributed by atoms with E-state index in [1.807, 2.05) is 0 Å². The molecule has 0 radical (unpaired) electrons. The molecule has 0 rings (SSSR count). The van der Waals surface area contributed by atoms with Crippen LogP contribution in [0.1, 0.15) is 26.7 Å². The topological polar surface area (TPSA) is 78.6 Å². The molecule has 0 atom stereocenters. The van der Waals surface area contributed by atoms with E-state index in [0.29, 0.717) is 26.4 Å². The number of hydrogen-bond donors (Lipinski definition) is 1. The Balaban J connectivity index is 0. The van der Waals surface area contributed by atoms with Gasteiger partial charge in [-0.25, -0.2) is 0 Å². The van der Waals surface area contributed by atoms with Crippen LogP contribution in [0.25, 0.3) is 0 Å². The predicted octanol–water partition coefficient (Wildman–Crippen LogP) is 2.11. The molecule has 126 valence electrons. The van der Waals surface area contributed by atoms with Crippen LogP contribution in [0.15, 0.2) is 0 Å². The summed E-state index contributed by atoms with van der Waals surface area (Å²) in [5.74, 6) is 1.57. The molecule has 2 N–H and O–H groups in total. The lowest BCUT2D eigenvalue weighted by atomic mass is 10.3. The third kappa shape index (κ3) is 20.2. The van der Waals surface area contributed by atoms with Gasteiger partial charge in [-0.05, 0) is 12.8 Å². The predicted molar refractivity (Wildman–Crippen MR) is 92.4 cm³/mol. The van der Waals surface area contributed by atoms with Crippen molar-refractivity contribution in [2.24, 2.45) is 5.73 Å². The normalized spacial score (nSPS) is 10.5. The first kappa shape index (κ1) is 23.5. The average Bonchev–Trinajstić information content (AvgIpc) is 2.37. The molecule has 0 unspecified atom stereocenters. The fourth-order valence-electron chi connectivity index (χ4n) is 1.27. The Morgan fingerprint density at radius 3 is 1.67 bits per heavy atom. The summed E-state index contributed by atoms with van der Waals surface area (Å²) in [6.45, 7) is 5.29. The van der Waals surface area contributed by atoms with Crippen molar-refractivity contribution in [3.8, 4) is 0 Å². The van der Waals surface area contributed by atoms with Gasteiger partial charge < -0.3 is 15.2 Å². The van der Waals surface area contributed by atoms with E-state index >= 15 is 0 Å². The molecule has 0 aliphatic carbocycles. The van der Waals surface area contributed by atoms with Crippen molar-refractivity contribution in [1.29, 1.82) is 0 Å². The summed E-state index contributed by atoms with van der Waals surface area (Å²) in [5.41, 5.74) is 5.83. The van der Waals surface area contributed by atoms with E-state index in [1.165, 1.54) is 23.5 Å². The molecule has 0 aromatic rings. The molecule has 0 aliphatic heterocycles. The molecule has 0 bridgehead atoms. The summed E-state index contributed by atoms with van der Waals surface area (Å²) < 4.78 is 10.8. The molecule has 21 heavy (non-hydrogen) atoms. The van der Waals surface area contributed by atoms with Gasteiger partial charge in [0.25, 0.3) is 0 Å². The minimum atomic E-state index is -0.129. The number of hydrogen-bond acceptors (Lipinski definition) is 7. The van der Waals surface area contributed by atoms with Crippen LogP contribution < -0.4 is 5.73 Å². The summed E-state index contributed by atoms with van der Waals surface area (Å²) in [6.07, 6.45) is 1.69. The van der Waals surface area contributed by atoms with Crippen LogP contribution in [-0.4, -0.2) is 54.2 Å². The highest BCUT2D eigenvalue weighted by atomic mass is 35.5. The molecule has 0 fully saturated rings. The average molecular weight is 360 g/mol. The quantitative estimate of drug-likeness (QED) is 0.534. The first-order valence-corrected chi connectivity index (χ1v) is 8.67. The lowest BCUT2D eigenvalue weighted by Crippen LogP contribution is -2.31. The fraction of sp³-hybridized carbons (Fsp3) is 0.846. The molecule has 0 aromatic heterocycles. The highest BCUT2D eigenvalue weighted by Crippen LogP contribution is 2.04. The zero-order valence-electron chi connectivity index (χ0n) is 12.7. The minimum Gasteiger partial charge on any atom is -0.380 e. The number of rotatable bonds is 12. The van der Waals surface area contributed by atoms with Crippen molar-refractivity contribution in [2.75, 3.05) is 37.9 Å². The maximum absolute atomic E-state index is 10.7. The Morgan fingerprint density at radius 1 is 0.952 bits per heavy atom. The van der Waals surface area contributed by atoms with Gasteiger partial charge in [0, 0.05) is 38.6 Å². The highest BCUT2D eigenvalue weighted by Gasteiger charge is 2.03. The van der Waals surface area contributed by atoms with E-state index < -0.39 is 0 Å². The molecular weight excluding hydrogens is 334 g/mol. The molecule has 0 spiro atoms. The van der Waals surface area contributed by atoms with Gasteiger partial charge >= 0.3 is 0 Å². The second-order valence-electron chi connectivity index (χ2n) is 4.30. The summed E-state index contributed by atoms with van der Waals surface area (Å²) in [6, 6.07) is -0.129. The standard InChI is InChI=1S/C13H25NO4S2.ClH/c1-11(15)19-7-3-5-17-9-13(14)10-18-6-4-8-20-12(2)16;/h13H,3-10,14H2,1-2H3;1H. The molecule has 0 heterocycles. The van der Waals surface area contributed by atoms with Gasteiger partial charge in [-0.2, -0.15) is 0 Å². The van der Waals surface area contributed by atoms with Gasteiger partial charge in [-0.3, -0.25) is 9.59 Å². The Kier molecular flexibility index (Phi) is 18.5. The third-order valence-electron chi connectivity index (χ3n) is 2.14. The van der Waals surface area contributed by atoms with E-state index in [4.69, 9.17) is 15.2 Å². The highest BCUT2D eigenvalue weighted by molar-refractivity contribution is 8.13. The summed E-state index contributed by atoms with van der Waals surface area (Å²) in [5, 5.41) is 0.274. The molecule has 0 saturated heterocycles. The Morgan fingerprint density at radius 2 is 1.33 bits per heavy atom. The van der Waals surface area contributed by atoms with Gasteiger partial charge in [0.1, 0.15) is 0 Å². The monoisotopic (exact) mass is 359 g/mol. The van der Waals surface area contributed by atoms with Gasteiger partial charge in [0.05, 0.1) is 19.3 Å². The lowest BCUT2D eigenvalue weighted by molar-refractivity contribution is -0.109. The first-order valence-electron chi connectivity index (χ1n) is 6.70. The van der Waals surface area contributed by atoms with Crippen molar-refractivity contribution >= 4 is 46.2 Å². The van der Waals surface area contributed by atoms with E-state index in [1.54, 1.807) is 13.8 Å². The van der Waals surface area contributed by atoms with Crippen LogP contribution in [0.4, 0.5) is 0 Å². The molecule has 8 heteroatoms. The summed E-state index contributed by atoms with van der Waals surface area (Å²) >= 11 is 2.63. The van der Waals surface area contributed by atoms with Crippen LogP contribution in [0, 0.1) is 0 Å². The van der Waals surface area contributed by atoms with Crippen LogP contribution in [0.3, 0.4) is 0 Å². The molecule has 0 amide bonds. The Labute approximate surface area is 141 Å². The second-order valence-corrected chi connectivity index (χ2v) is 6.84. The van der Waals surface area contributed by atoms with Gasteiger partial charge in [0.2, 0.25) is 0 Å². The second kappa shape index (κ2) is 16.6. The Bertz CT molecular complexity index is 257. The van der Waals surface area contributed by atoms with E-state index in [2.05, 4.69) is 0 Å². The Hall–Kier alpha value is 0.210. The van der Waals surface area contributed by atoms with Gasteiger partial charge in [-0.1, -0.05) is 23.5 Å². The zero-order valence-corrected chi connectivity index (χ0v) is 15.1. The minimum absolute atomic E-state index is 0. The smallest absolute Gasteiger partial charge is 0.185 e. The number of nitrogens with two attached hydrogens (primary N) is 1. The number of ether oxygens (including phenoxy) is 2. The number of carbonyl (C=O) groups is 2. The van der Waals surface area contributed by atoms with Crippen LogP contribution in [0.5, 0.6) is 0 Å². The van der Waals surface area contributed by atoms with Crippen molar-refractivity contribution in [3.05, 3.63) is 0 Å². The van der Waals surface area contributed by atoms with Gasteiger partial charge in [-0.15, -0.1) is 12.4 Å². The van der Waals surface area contributed by atoms with Gasteiger partial charge in [0.15, 0.2) is 10.2 Å². The lowest BCUT2D eigenvalue weighted by Gasteiger charge is -2.12. The molecule has 5 nitrogen and oxygen atoms in total. The largest absolute Gasteiger partial charge is 0.380 e. The molecular formula is C13H26ClNO4S2. The summed E-state index contributed by atoms with van der Waals surface area (Å²) in [4.78, 5) is 21.4. The van der Waals surface area contributed by atoms with Crippen LogP contribution in [-0.2, 0) is 19.1 Å². The van der Waals surface area contributed by atoms with E-state index in [9.17, 15) is 9.59 Å². The molecule has 0 aliphatic rings.